The van der Waals surface area contributed by atoms with Gasteiger partial charge in [-0.2, -0.15) is 5.26 Å². The minimum Gasteiger partial charge on any atom is -0.482 e. The van der Waals surface area contributed by atoms with Gasteiger partial charge in [-0.25, -0.2) is 0 Å². The molecule has 0 aliphatic rings. The number of hydrogen-bond donors (Lipinski definition) is 2. The van der Waals surface area contributed by atoms with E-state index in [1.165, 1.54) is 6.07 Å². The van der Waals surface area contributed by atoms with Gasteiger partial charge in [0.25, 0.3) is 5.91 Å². The number of hydrogen-bond acceptors (Lipinski definition) is 4. The van der Waals surface area contributed by atoms with Crippen LogP contribution in [-0.4, -0.2) is 18.6 Å². The van der Waals surface area contributed by atoms with Crippen LogP contribution in [0.25, 0.3) is 0 Å². The zero-order chi connectivity index (χ0) is 14.3. The summed E-state index contributed by atoms with van der Waals surface area (Å²) in [5, 5.41) is 11.8. The van der Waals surface area contributed by atoms with Crippen LogP contribution < -0.4 is 15.8 Å². The second kappa shape index (κ2) is 7.27. The van der Waals surface area contributed by atoms with E-state index < -0.39 is 0 Å². The van der Waals surface area contributed by atoms with Crippen LogP contribution in [0.15, 0.2) is 18.2 Å². The highest BCUT2D eigenvalue weighted by atomic mass is 16.5. The monoisotopic (exact) mass is 261 g/mol. The zero-order valence-electron chi connectivity index (χ0n) is 11.3. The van der Waals surface area contributed by atoms with Crippen molar-refractivity contribution < 1.29 is 9.53 Å². The fourth-order valence-electron chi connectivity index (χ4n) is 1.67. The second-order valence-electron chi connectivity index (χ2n) is 4.24. The largest absolute Gasteiger partial charge is 0.482 e. The molecule has 0 heterocycles. The van der Waals surface area contributed by atoms with Gasteiger partial charge in [0.2, 0.25) is 0 Å². The molecular formula is C14H19N3O2. The summed E-state index contributed by atoms with van der Waals surface area (Å²) in [4.78, 5) is 11.7. The number of nitrogens with two attached hydrogens (primary N) is 1. The van der Waals surface area contributed by atoms with Crippen LogP contribution >= 0.6 is 0 Å². The Morgan fingerprint density at radius 3 is 2.74 bits per heavy atom. The van der Waals surface area contributed by atoms with Crippen LogP contribution in [0.2, 0.25) is 0 Å². The van der Waals surface area contributed by atoms with Crippen LogP contribution in [0.5, 0.6) is 5.75 Å². The van der Waals surface area contributed by atoms with E-state index in [0.717, 1.165) is 12.8 Å². The summed E-state index contributed by atoms with van der Waals surface area (Å²) >= 11 is 0. The number of rotatable bonds is 6. The minimum absolute atomic E-state index is 0.102. The smallest absolute Gasteiger partial charge is 0.258 e. The van der Waals surface area contributed by atoms with Crippen molar-refractivity contribution in [2.24, 2.45) is 0 Å². The lowest BCUT2D eigenvalue weighted by Crippen LogP contribution is -2.37. The van der Waals surface area contributed by atoms with Crippen molar-refractivity contribution in [3.05, 3.63) is 23.8 Å². The SMILES string of the molecule is CCC(CC)NC(=O)COc1ccc(N)cc1C#N. The third-order valence-electron chi connectivity index (χ3n) is 2.83. The summed E-state index contributed by atoms with van der Waals surface area (Å²) in [6.45, 7) is 3.93. The molecule has 0 atom stereocenters. The topological polar surface area (TPSA) is 88.1 Å². The molecule has 1 aromatic carbocycles. The number of benzene rings is 1. The molecule has 5 heteroatoms. The maximum absolute atomic E-state index is 11.7. The van der Waals surface area contributed by atoms with Crippen molar-refractivity contribution in [1.29, 1.82) is 5.26 Å². The Kier molecular flexibility index (Phi) is 5.68. The standard InChI is InChI=1S/C14H19N3O2/c1-3-12(4-2)17-14(18)9-19-13-6-5-11(16)7-10(13)8-15/h5-7,12H,3-4,9,16H2,1-2H3,(H,17,18). The summed E-state index contributed by atoms with van der Waals surface area (Å²) in [7, 11) is 0. The van der Waals surface area contributed by atoms with E-state index in [4.69, 9.17) is 15.7 Å². The molecule has 0 spiro atoms. The van der Waals surface area contributed by atoms with E-state index in [0.29, 0.717) is 17.0 Å². The molecule has 102 valence electrons. The number of anilines is 1. The zero-order valence-corrected chi connectivity index (χ0v) is 11.3. The maximum Gasteiger partial charge on any atom is 0.258 e. The Morgan fingerprint density at radius 2 is 2.16 bits per heavy atom. The van der Waals surface area contributed by atoms with Gasteiger partial charge in [-0.1, -0.05) is 13.8 Å². The molecule has 0 radical (unpaired) electrons. The molecule has 0 saturated heterocycles. The molecule has 0 saturated carbocycles. The molecule has 1 rings (SSSR count). The molecule has 0 aliphatic carbocycles. The van der Waals surface area contributed by atoms with E-state index in [9.17, 15) is 4.79 Å². The lowest BCUT2D eigenvalue weighted by Gasteiger charge is -2.15. The van der Waals surface area contributed by atoms with Gasteiger partial charge in [0.15, 0.2) is 6.61 Å². The minimum atomic E-state index is -0.186. The second-order valence-corrected chi connectivity index (χ2v) is 4.24. The third-order valence-corrected chi connectivity index (χ3v) is 2.83. The van der Waals surface area contributed by atoms with Crippen LogP contribution in [0.3, 0.4) is 0 Å². The number of ether oxygens (including phenoxy) is 1. The van der Waals surface area contributed by atoms with Crippen LogP contribution in [0, 0.1) is 11.3 Å². The molecule has 0 bridgehead atoms. The van der Waals surface area contributed by atoms with Crippen molar-refractivity contribution in [2.45, 2.75) is 32.7 Å². The molecule has 3 N–H and O–H groups in total. The fourth-order valence-corrected chi connectivity index (χ4v) is 1.67. The molecule has 0 fully saturated rings. The first-order valence-electron chi connectivity index (χ1n) is 6.32. The summed E-state index contributed by atoms with van der Waals surface area (Å²) in [5.41, 5.74) is 6.40. The van der Waals surface area contributed by atoms with Crippen LogP contribution in [0.1, 0.15) is 32.3 Å². The quantitative estimate of drug-likeness (QED) is 0.764. The highest BCUT2D eigenvalue weighted by Gasteiger charge is 2.10. The van der Waals surface area contributed by atoms with Gasteiger partial charge in [-0.15, -0.1) is 0 Å². The Bertz CT molecular complexity index is 476. The molecule has 19 heavy (non-hydrogen) atoms. The van der Waals surface area contributed by atoms with Crippen molar-refractivity contribution >= 4 is 11.6 Å². The average Bonchev–Trinajstić information content (AvgIpc) is 2.43. The Labute approximate surface area is 113 Å². The van der Waals surface area contributed by atoms with Crippen LogP contribution in [-0.2, 0) is 4.79 Å². The van der Waals surface area contributed by atoms with Gasteiger partial charge < -0.3 is 15.8 Å². The van der Waals surface area contributed by atoms with Gasteiger partial charge in [0.1, 0.15) is 11.8 Å². The molecule has 0 unspecified atom stereocenters. The number of nitrogen functional groups attached to an aromatic ring is 1. The summed E-state index contributed by atoms with van der Waals surface area (Å²) in [6, 6.07) is 6.90. The number of nitrogens with one attached hydrogen (secondary N) is 1. The first-order chi connectivity index (χ1) is 9.10. The van der Waals surface area contributed by atoms with Crippen molar-refractivity contribution in [1.82, 2.24) is 5.32 Å². The Balaban J connectivity index is 2.58. The maximum atomic E-state index is 11.7. The number of amides is 1. The first-order valence-corrected chi connectivity index (χ1v) is 6.32. The predicted octanol–water partition coefficient (Wildman–Crippen LogP) is 1.82. The Morgan fingerprint density at radius 1 is 1.47 bits per heavy atom. The van der Waals surface area contributed by atoms with Gasteiger partial charge in [-0.05, 0) is 31.0 Å². The van der Waals surface area contributed by atoms with Gasteiger partial charge >= 0.3 is 0 Å². The van der Waals surface area contributed by atoms with E-state index in [-0.39, 0.29) is 18.6 Å². The van der Waals surface area contributed by atoms with E-state index in [1.807, 2.05) is 19.9 Å². The van der Waals surface area contributed by atoms with E-state index >= 15 is 0 Å². The van der Waals surface area contributed by atoms with Crippen molar-refractivity contribution in [3.8, 4) is 11.8 Å². The summed E-state index contributed by atoms with van der Waals surface area (Å²) in [6.07, 6.45) is 1.76. The highest BCUT2D eigenvalue weighted by molar-refractivity contribution is 5.78. The lowest BCUT2D eigenvalue weighted by molar-refractivity contribution is -0.123. The predicted molar refractivity (Wildman–Crippen MR) is 73.6 cm³/mol. The molecule has 1 aromatic rings. The Hall–Kier alpha value is -2.22. The number of nitriles is 1. The molecule has 1 amide bonds. The van der Waals surface area contributed by atoms with E-state index in [2.05, 4.69) is 5.32 Å². The number of carbonyl (C=O) groups excluding carboxylic acids is 1. The van der Waals surface area contributed by atoms with Crippen LogP contribution in [0.4, 0.5) is 5.69 Å². The molecular weight excluding hydrogens is 242 g/mol. The van der Waals surface area contributed by atoms with Gasteiger partial charge in [0.05, 0.1) is 5.56 Å². The fraction of sp³-hybridized carbons (Fsp3) is 0.429. The number of carbonyl (C=O) groups is 1. The third kappa shape index (κ3) is 4.51. The van der Waals surface area contributed by atoms with Gasteiger partial charge in [-0.3, -0.25) is 4.79 Å². The van der Waals surface area contributed by atoms with Crippen molar-refractivity contribution in [3.63, 3.8) is 0 Å². The molecule has 0 aliphatic heterocycles. The van der Waals surface area contributed by atoms with Crippen molar-refractivity contribution in [2.75, 3.05) is 12.3 Å². The number of nitrogens with zero attached hydrogens (tertiary/aromatic N) is 1. The average molecular weight is 261 g/mol. The lowest BCUT2D eigenvalue weighted by atomic mass is 10.2. The highest BCUT2D eigenvalue weighted by Crippen LogP contribution is 2.20. The normalized spacial score (nSPS) is 10.0. The van der Waals surface area contributed by atoms with E-state index in [1.54, 1.807) is 12.1 Å². The molecule has 5 nitrogen and oxygen atoms in total. The first kappa shape index (κ1) is 14.8. The van der Waals surface area contributed by atoms with Gasteiger partial charge in [0, 0.05) is 11.7 Å². The summed E-state index contributed by atoms with van der Waals surface area (Å²) < 4.78 is 5.34. The molecule has 0 aromatic heterocycles. The summed E-state index contributed by atoms with van der Waals surface area (Å²) in [5.74, 6) is 0.186.